The molecule has 1 aliphatic rings. The minimum Gasteiger partial charge on any atom is -0.475 e. The molecule has 0 unspecified atom stereocenters. The van der Waals surface area contributed by atoms with Gasteiger partial charge in [0.2, 0.25) is 5.82 Å². The van der Waals surface area contributed by atoms with Gasteiger partial charge in [0.25, 0.3) is 5.91 Å². The minimum atomic E-state index is -5.08. The first-order valence-corrected chi connectivity index (χ1v) is 18.0. The van der Waals surface area contributed by atoms with Gasteiger partial charge in [0.15, 0.2) is 11.5 Å². The standard InChI is InChI=1S/C35H42N10O5.C2HF3O2/c1-2-36-35(50)38-15-9-14-37-34(49)32-42-31(39-18-25(23-10-5-3-6-11-23)24-12-7-4-8-13-24)28-33(43-32)44(21-40-28)26-16-27(30(48)29(26)47)45-19-22(20-46)17-41-45;3-2(4,5)1(6)7/h3-8,10-13,17,19,21,25-27,29-30,46-48H,2,9,14-16,18,20H2,1H3,(H,37,49)(H2,36,38,50)(H,39,42,43);(H,6,7)/t26-,27+,29+,30-;/m1./s1. The first-order valence-electron chi connectivity index (χ1n) is 18.0. The van der Waals surface area contributed by atoms with E-state index in [2.05, 4.69) is 65.6 Å². The first kappa shape index (κ1) is 42.0. The summed E-state index contributed by atoms with van der Waals surface area (Å²) in [7, 11) is 0. The van der Waals surface area contributed by atoms with Gasteiger partial charge in [0, 0.05) is 43.9 Å². The zero-order chi connectivity index (χ0) is 41.1. The Morgan fingerprint density at radius 3 is 2.11 bits per heavy atom. The third kappa shape index (κ3) is 10.6. The van der Waals surface area contributed by atoms with Crippen molar-refractivity contribution in [1.29, 1.82) is 0 Å². The van der Waals surface area contributed by atoms with Gasteiger partial charge in [-0.05, 0) is 30.9 Å². The van der Waals surface area contributed by atoms with Crippen molar-refractivity contribution in [3.05, 3.63) is 102 Å². The third-order valence-corrected chi connectivity index (χ3v) is 9.16. The number of carbonyl (C=O) groups is 3. The Morgan fingerprint density at radius 2 is 1.53 bits per heavy atom. The van der Waals surface area contributed by atoms with Crippen molar-refractivity contribution >= 4 is 34.9 Å². The highest BCUT2D eigenvalue weighted by atomic mass is 19.4. The molecule has 304 valence electrons. The van der Waals surface area contributed by atoms with E-state index in [1.807, 2.05) is 43.3 Å². The molecule has 1 aliphatic carbocycles. The predicted octanol–water partition coefficient (Wildman–Crippen LogP) is 2.74. The quantitative estimate of drug-likeness (QED) is 0.0757. The van der Waals surface area contributed by atoms with E-state index in [1.165, 1.54) is 12.5 Å². The van der Waals surface area contributed by atoms with E-state index in [-0.39, 0.29) is 37.3 Å². The molecule has 1 fully saturated rings. The van der Waals surface area contributed by atoms with Crippen LogP contribution in [0.1, 0.15) is 65.1 Å². The summed E-state index contributed by atoms with van der Waals surface area (Å²) in [4.78, 5) is 47.9. The Bertz CT molecular complexity index is 2060. The minimum absolute atomic E-state index is 0.0513. The number of urea groups is 1. The van der Waals surface area contributed by atoms with Crippen molar-refractivity contribution in [2.24, 2.45) is 0 Å². The Hall–Kier alpha value is -6.12. The van der Waals surface area contributed by atoms with Crippen LogP contribution in [0.4, 0.5) is 23.8 Å². The predicted molar refractivity (Wildman–Crippen MR) is 199 cm³/mol. The fourth-order valence-corrected chi connectivity index (χ4v) is 6.34. The van der Waals surface area contributed by atoms with Crippen LogP contribution in [0.2, 0.25) is 0 Å². The number of fused-ring (bicyclic) bond motifs is 1. The van der Waals surface area contributed by atoms with Crippen molar-refractivity contribution in [3.8, 4) is 0 Å². The fraction of sp³-hybridized carbons (Fsp3) is 0.378. The number of rotatable bonds is 14. The van der Waals surface area contributed by atoms with Crippen LogP contribution in [-0.2, 0) is 11.4 Å². The molecule has 0 saturated heterocycles. The first-order chi connectivity index (χ1) is 27.3. The van der Waals surface area contributed by atoms with E-state index >= 15 is 0 Å². The van der Waals surface area contributed by atoms with Crippen LogP contribution in [0.25, 0.3) is 11.2 Å². The van der Waals surface area contributed by atoms with Gasteiger partial charge in [-0.2, -0.15) is 18.3 Å². The highest BCUT2D eigenvalue weighted by molar-refractivity contribution is 5.94. The lowest BCUT2D eigenvalue weighted by Gasteiger charge is -2.20. The van der Waals surface area contributed by atoms with Gasteiger partial charge in [0.05, 0.1) is 31.2 Å². The monoisotopic (exact) mass is 796 g/mol. The zero-order valence-electron chi connectivity index (χ0n) is 30.7. The topological polar surface area (TPSA) is 242 Å². The van der Waals surface area contributed by atoms with Gasteiger partial charge in [-0.3, -0.25) is 9.48 Å². The average molecular weight is 797 g/mol. The number of hydrogen-bond donors (Lipinski definition) is 8. The zero-order valence-corrected chi connectivity index (χ0v) is 30.7. The number of nitrogens with zero attached hydrogens (tertiary/aromatic N) is 6. The molecule has 0 aliphatic heterocycles. The summed E-state index contributed by atoms with van der Waals surface area (Å²) in [5, 5.41) is 54.9. The van der Waals surface area contributed by atoms with Crippen LogP contribution in [-0.4, -0.2) is 112 Å². The molecule has 8 N–H and O–H groups in total. The molecule has 5 aromatic rings. The van der Waals surface area contributed by atoms with Gasteiger partial charge in [0.1, 0.15) is 17.7 Å². The normalized spacial score (nSPS) is 17.8. The number of aromatic nitrogens is 6. The van der Waals surface area contributed by atoms with Crippen molar-refractivity contribution in [2.75, 3.05) is 31.5 Å². The number of nitrogens with one attached hydrogen (secondary N) is 4. The maximum Gasteiger partial charge on any atom is 0.490 e. The smallest absolute Gasteiger partial charge is 0.475 e. The highest BCUT2D eigenvalue weighted by Gasteiger charge is 2.44. The number of carboxylic acids is 1. The lowest BCUT2D eigenvalue weighted by atomic mass is 9.91. The number of carbonyl (C=O) groups excluding carboxylic acids is 2. The summed E-state index contributed by atoms with van der Waals surface area (Å²) in [5.41, 5.74) is 3.50. The lowest BCUT2D eigenvalue weighted by molar-refractivity contribution is -0.192. The van der Waals surface area contributed by atoms with Crippen molar-refractivity contribution in [1.82, 2.24) is 45.2 Å². The molecule has 3 aromatic heterocycles. The number of alkyl halides is 3. The number of carboxylic acid groups (broad SMARTS) is 1. The SMILES string of the molecule is CCNC(=O)NCCCNC(=O)c1nc(NCC(c2ccccc2)c2ccccc2)c2ncn([C@@H]3C[C@H](n4cc(CO)cn4)[C@@H](O)[C@H]3O)c2n1.O=C(O)C(F)(F)F. The van der Waals surface area contributed by atoms with Gasteiger partial charge in [-0.15, -0.1) is 0 Å². The summed E-state index contributed by atoms with van der Waals surface area (Å²) >= 11 is 0. The highest BCUT2D eigenvalue weighted by Crippen LogP contribution is 2.40. The summed E-state index contributed by atoms with van der Waals surface area (Å²) in [6.45, 7) is 3.21. The van der Waals surface area contributed by atoms with E-state index in [0.717, 1.165) is 11.1 Å². The van der Waals surface area contributed by atoms with E-state index in [0.29, 0.717) is 48.6 Å². The molecule has 3 amide bonds. The number of hydrogen-bond acceptors (Lipinski definition) is 11. The Labute approximate surface area is 324 Å². The second-order valence-electron chi connectivity index (χ2n) is 13.0. The summed E-state index contributed by atoms with van der Waals surface area (Å²) < 4.78 is 35.0. The number of halogens is 3. The lowest BCUT2D eigenvalue weighted by Crippen LogP contribution is -2.37. The third-order valence-electron chi connectivity index (χ3n) is 9.16. The molecular weight excluding hydrogens is 753 g/mol. The average Bonchev–Trinajstić information content (AvgIpc) is 3.93. The number of aliphatic hydroxyl groups excluding tert-OH is 3. The molecule has 17 nitrogen and oxygen atoms in total. The van der Waals surface area contributed by atoms with Crippen LogP contribution in [0.3, 0.4) is 0 Å². The van der Waals surface area contributed by atoms with Gasteiger partial charge in [-0.25, -0.2) is 24.5 Å². The molecule has 3 heterocycles. The van der Waals surface area contributed by atoms with Gasteiger partial charge >= 0.3 is 18.2 Å². The van der Waals surface area contributed by atoms with Crippen molar-refractivity contribution < 1.29 is 48.0 Å². The molecule has 2 aromatic carbocycles. The van der Waals surface area contributed by atoms with Crippen molar-refractivity contribution in [2.45, 2.75) is 62.8 Å². The number of anilines is 1. The maximum atomic E-state index is 13.4. The summed E-state index contributed by atoms with van der Waals surface area (Å²) in [6.07, 6.45) is -1.96. The summed E-state index contributed by atoms with van der Waals surface area (Å²) in [5.74, 6) is -3.07. The van der Waals surface area contributed by atoms with E-state index in [9.17, 15) is 38.1 Å². The van der Waals surface area contributed by atoms with E-state index in [4.69, 9.17) is 9.90 Å². The summed E-state index contributed by atoms with van der Waals surface area (Å²) in [6, 6.07) is 18.7. The molecule has 57 heavy (non-hydrogen) atoms. The number of imidazole rings is 1. The second kappa shape index (κ2) is 19.2. The van der Waals surface area contributed by atoms with Crippen LogP contribution < -0.4 is 21.3 Å². The van der Waals surface area contributed by atoms with Crippen LogP contribution in [0.15, 0.2) is 79.4 Å². The molecule has 20 heteroatoms. The molecule has 4 atom stereocenters. The largest absolute Gasteiger partial charge is 0.490 e. The molecule has 0 radical (unpaired) electrons. The molecule has 0 bridgehead atoms. The number of aliphatic carboxylic acids is 1. The molecule has 6 rings (SSSR count). The van der Waals surface area contributed by atoms with Crippen LogP contribution in [0, 0.1) is 0 Å². The Kier molecular flexibility index (Phi) is 14.1. The van der Waals surface area contributed by atoms with Crippen LogP contribution >= 0.6 is 0 Å². The van der Waals surface area contributed by atoms with Gasteiger partial charge < -0.3 is 46.3 Å². The number of amides is 3. The van der Waals surface area contributed by atoms with Crippen LogP contribution in [0.5, 0.6) is 0 Å². The van der Waals surface area contributed by atoms with E-state index < -0.39 is 42.3 Å². The Morgan fingerprint density at radius 1 is 0.912 bits per heavy atom. The van der Waals surface area contributed by atoms with E-state index in [1.54, 1.807) is 15.4 Å². The molecular formula is C37H43F3N10O7. The number of benzene rings is 2. The maximum absolute atomic E-state index is 13.4. The Balaban J connectivity index is 0.000000811. The fourth-order valence-electron chi connectivity index (χ4n) is 6.34. The van der Waals surface area contributed by atoms with Gasteiger partial charge in [-0.1, -0.05) is 60.7 Å². The van der Waals surface area contributed by atoms with Crippen molar-refractivity contribution in [3.63, 3.8) is 0 Å². The molecule has 1 saturated carbocycles. The molecule has 0 spiro atoms. The second-order valence-corrected chi connectivity index (χ2v) is 13.0. The number of aliphatic hydroxyl groups is 3.